The van der Waals surface area contributed by atoms with Crippen LogP contribution in [0.3, 0.4) is 0 Å². The Balaban J connectivity index is 1.69. The molecule has 3 aromatic rings. The van der Waals surface area contributed by atoms with Crippen LogP contribution in [0.2, 0.25) is 10.0 Å². The van der Waals surface area contributed by atoms with Crippen molar-refractivity contribution in [2.75, 3.05) is 13.7 Å². The second-order valence-corrected chi connectivity index (χ2v) is 9.08. The number of carbonyl (C=O) groups excluding carboxylic acids is 1. The summed E-state index contributed by atoms with van der Waals surface area (Å²) < 4.78 is 17.0. The molecular formula is C27H24Cl2N2O4S. The van der Waals surface area contributed by atoms with E-state index in [4.69, 9.17) is 49.6 Å². The van der Waals surface area contributed by atoms with Gasteiger partial charge in [-0.3, -0.25) is 0 Å². The largest absolute Gasteiger partial charge is 0.493 e. The number of esters is 1. The number of halogens is 2. The van der Waals surface area contributed by atoms with Crippen LogP contribution >= 0.6 is 35.4 Å². The maximum Gasteiger partial charge on any atom is 0.338 e. The molecule has 2 N–H and O–H groups in total. The summed E-state index contributed by atoms with van der Waals surface area (Å²) in [5.74, 6) is 0.597. The molecule has 0 fully saturated rings. The van der Waals surface area contributed by atoms with E-state index in [2.05, 4.69) is 10.6 Å². The second-order valence-electron chi connectivity index (χ2n) is 7.85. The Hall–Kier alpha value is -3.26. The van der Waals surface area contributed by atoms with Crippen LogP contribution in [0.1, 0.15) is 29.7 Å². The number of hydrogen-bond donors (Lipinski definition) is 2. The summed E-state index contributed by atoms with van der Waals surface area (Å²) in [4.78, 5) is 13.1. The molecule has 1 atom stereocenters. The number of rotatable bonds is 8. The van der Waals surface area contributed by atoms with Gasteiger partial charge in [0.25, 0.3) is 0 Å². The SMILES string of the molecule is CCOC(=O)C1=C(c2ccccc2)NC(=S)N[C@H]1c1ccc(OCc2ccc(Cl)c(Cl)c2)c(OC)c1. The van der Waals surface area contributed by atoms with Gasteiger partial charge in [-0.2, -0.15) is 0 Å². The molecule has 36 heavy (non-hydrogen) atoms. The normalized spacial score (nSPS) is 15.1. The Morgan fingerprint density at radius 2 is 1.78 bits per heavy atom. The average Bonchev–Trinajstić information content (AvgIpc) is 2.89. The fraction of sp³-hybridized carbons (Fsp3) is 0.185. The molecule has 3 aromatic carbocycles. The van der Waals surface area contributed by atoms with Gasteiger partial charge in [-0.05, 0) is 60.1 Å². The Bertz CT molecular complexity index is 1310. The van der Waals surface area contributed by atoms with E-state index in [1.165, 1.54) is 0 Å². The van der Waals surface area contributed by atoms with Gasteiger partial charge in [0.2, 0.25) is 0 Å². The minimum Gasteiger partial charge on any atom is -0.493 e. The summed E-state index contributed by atoms with van der Waals surface area (Å²) in [6.45, 7) is 2.29. The number of thiocarbonyl (C=S) groups is 1. The van der Waals surface area contributed by atoms with Crippen LogP contribution in [0, 0.1) is 0 Å². The van der Waals surface area contributed by atoms with Crippen molar-refractivity contribution < 1.29 is 19.0 Å². The third kappa shape index (κ3) is 5.75. The summed E-state index contributed by atoms with van der Waals surface area (Å²) in [6, 6.07) is 19.8. The van der Waals surface area contributed by atoms with E-state index in [0.717, 1.165) is 16.7 Å². The van der Waals surface area contributed by atoms with Crippen LogP contribution in [-0.2, 0) is 16.1 Å². The number of hydrogen-bond acceptors (Lipinski definition) is 5. The first-order chi connectivity index (χ1) is 17.4. The van der Waals surface area contributed by atoms with E-state index in [1.54, 1.807) is 32.2 Å². The van der Waals surface area contributed by atoms with E-state index in [9.17, 15) is 4.79 Å². The lowest BCUT2D eigenvalue weighted by molar-refractivity contribution is -0.138. The zero-order valence-corrected chi connectivity index (χ0v) is 22.0. The lowest BCUT2D eigenvalue weighted by Gasteiger charge is -2.31. The molecule has 6 nitrogen and oxygen atoms in total. The fourth-order valence-corrected chi connectivity index (χ4v) is 4.39. The van der Waals surface area contributed by atoms with Crippen molar-refractivity contribution in [2.45, 2.75) is 19.6 Å². The van der Waals surface area contributed by atoms with Gasteiger partial charge in [-0.1, -0.05) is 65.7 Å². The average molecular weight is 543 g/mol. The number of ether oxygens (including phenoxy) is 3. The Kier molecular flexibility index (Phi) is 8.36. The number of methoxy groups -OCH3 is 1. The standard InChI is InChI=1S/C27H24Cl2N2O4S/c1-3-34-26(32)23-24(17-7-5-4-6-8-17)30-27(36)31-25(23)18-10-12-21(22(14-18)33-2)35-15-16-9-11-19(28)20(29)13-16/h4-14,25H,3,15H2,1-2H3,(H2,30,31,36)/t25-/m0/s1. The zero-order chi connectivity index (χ0) is 25.7. The molecule has 0 saturated carbocycles. The zero-order valence-electron chi connectivity index (χ0n) is 19.6. The first-order valence-corrected chi connectivity index (χ1v) is 12.4. The molecule has 4 rings (SSSR count). The highest BCUT2D eigenvalue weighted by Gasteiger charge is 2.33. The first-order valence-electron chi connectivity index (χ1n) is 11.2. The molecule has 1 aliphatic heterocycles. The topological polar surface area (TPSA) is 68.8 Å². The summed E-state index contributed by atoms with van der Waals surface area (Å²) >= 11 is 17.6. The van der Waals surface area contributed by atoms with Gasteiger partial charge in [0, 0.05) is 0 Å². The molecule has 0 radical (unpaired) electrons. The van der Waals surface area contributed by atoms with Crippen molar-refractivity contribution >= 4 is 52.2 Å². The van der Waals surface area contributed by atoms with Crippen molar-refractivity contribution in [1.82, 2.24) is 10.6 Å². The second kappa shape index (κ2) is 11.6. The van der Waals surface area contributed by atoms with Crippen LogP contribution in [0.25, 0.3) is 5.70 Å². The molecule has 0 bridgehead atoms. The van der Waals surface area contributed by atoms with Crippen molar-refractivity contribution in [3.8, 4) is 11.5 Å². The van der Waals surface area contributed by atoms with Gasteiger partial charge in [-0.15, -0.1) is 0 Å². The van der Waals surface area contributed by atoms with Crippen LogP contribution in [0.4, 0.5) is 0 Å². The molecule has 0 unspecified atom stereocenters. The third-order valence-electron chi connectivity index (χ3n) is 5.53. The summed E-state index contributed by atoms with van der Waals surface area (Å²) in [5, 5.41) is 7.67. The van der Waals surface area contributed by atoms with Crippen LogP contribution < -0.4 is 20.1 Å². The van der Waals surface area contributed by atoms with Crippen molar-refractivity contribution in [3.63, 3.8) is 0 Å². The van der Waals surface area contributed by atoms with Crippen LogP contribution in [0.15, 0.2) is 72.3 Å². The minimum atomic E-state index is -0.564. The number of nitrogens with one attached hydrogen (secondary N) is 2. The third-order valence-corrected chi connectivity index (χ3v) is 6.49. The van der Waals surface area contributed by atoms with Gasteiger partial charge in [0.1, 0.15) is 6.61 Å². The summed E-state index contributed by atoms with van der Waals surface area (Å²) in [6.07, 6.45) is 0. The van der Waals surface area contributed by atoms with Gasteiger partial charge < -0.3 is 24.8 Å². The van der Waals surface area contributed by atoms with E-state index in [0.29, 0.717) is 37.9 Å². The van der Waals surface area contributed by atoms with Crippen LogP contribution in [-0.4, -0.2) is 24.8 Å². The van der Waals surface area contributed by atoms with E-state index < -0.39 is 12.0 Å². The van der Waals surface area contributed by atoms with E-state index >= 15 is 0 Å². The van der Waals surface area contributed by atoms with Crippen molar-refractivity contribution in [3.05, 3.63) is 99.0 Å². The number of benzene rings is 3. The highest BCUT2D eigenvalue weighted by atomic mass is 35.5. The van der Waals surface area contributed by atoms with Gasteiger partial charge in [0.05, 0.1) is 41.1 Å². The maximum atomic E-state index is 13.1. The maximum absolute atomic E-state index is 13.1. The van der Waals surface area contributed by atoms with Crippen molar-refractivity contribution in [2.24, 2.45) is 0 Å². The molecule has 186 valence electrons. The Labute approximate surface area is 225 Å². The van der Waals surface area contributed by atoms with E-state index in [1.807, 2.05) is 48.5 Å². The smallest absolute Gasteiger partial charge is 0.338 e. The lowest BCUT2D eigenvalue weighted by atomic mass is 9.92. The lowest BCUT2D eigenvalue weighted by Crippen LogP contribution is -2.45. The molecule has 9 heteroatoms. The first kappa shape index (κ1) is 25.8. The minimum absolute atomic E-state index is 0.242. The van der Waals surface area contributed by atoms with Gasteiger partial charge in [0.15, 0.2) is 16.6 Å². The molecule has 1 aliphatic rings. The highest BCUT2D eigenvalue weighted by Crippen LogP contribution is 2.37. The molecular weight excluding hydrogens is 519 g/mol. The van der Waals surface area contributed by atoms with Gasteiger partial charge in [-0.25, -0.2) is 4.79 Å². The number of carbonyl (C=O) groups is 1. The molecule has 0 aromatic heterocycles. The predicted octanol–water partition coefficient (Wildman–Crippen LogP) is 6.07. The Morgan fingerprint density at radius 1 is 1.00 bits per heavy atom. The van der Waals surface area contributed by atoms with Crippen LogP contribution in [0.5, 0.6) is 11.5 Å². The molecule has 0 saturated heterocycles. The monoisotopic (exact) mass is 542 g/mol. The Morgan fingerprint density at radius 3 is 2.47 bits per heavy atom. The quantitative estimate of drug-likeness (QED) is 0.264. The highest BCUT2D eigenvalue weighted by molar-refractivity contribution is 7.80. The summed E-state index contributed by atoms with van der Waals surface area (Å²) in [7, 11) is 1.56. The molecule has 1 heterocycles. The molecule has 0 amide bonds. The summed E-state index contributed by atoms with van der Waals surface area (Å²) in [5.41, 5.74) is 3.46. The van der Waals surface area contributed by atoms with E-state index in [-0.39, 0.29) is 13.2 Å². The predicted molar refractivity (Wildman–Crippen MR) is 145 cm³/mol. The van der Waals surface area contributed by atoms with Crippen molar-refractivity contribution in [1.29, 1.82) is 0 Å². The molecule has 0 spiro atoms. The molecule has 0 aliphatic carbocycles. The fourth-order valence-electron chi connectivity index (χ4n) is 3.85. The van der Waals surface area contributed by atoms with Gasteiger partial charge >= 0.3 is 5.97 Å².